The molecule has 0 aliphatic rings. The number of nitrogens with one attached hydrogen (secondary N) is 1. The van der Waals surface area contributed by atoms with Gasteiger partial charge in [-0.1, -0.05) is 13.3 Å². The van der Waals surface area contributed by atoms with Crippen molar-refractivity contribution in [3.05, 3.63) is 37.4 Å². The van der Waals surface area contributed by atoms with Crippen LogP contribution >= 0.6 is 22.6 Å². The zero-order valence-corrected chi connectivity index (χ0v) is 11.6. The van der Waals surface area contributed by atoms with E-state index in [4.69, 9.17) is 0 Å². The fraction of sp³-hybridized carbons (Fsp3) is 0.364. The number of hydrogen-bond acceptors (Lipinski definition) is 3. The number of hydrogen-bond donors (Lipinski definition) is 1. The van der Waals surface area contributed by atoms with Crippen molar-refractivity contribution in [3.63, 3.8) is 0 Å². The van der Waals surface area contributed by atoms with E-state index in [1.807, 2.05) is 29.5 Å². The van der Waals surface area contributed by atoms with E-state index in [1.165, 1.54) is 12.1 Å². The van der Waals surface area contributed by atoms with Crippen LogP contribution in [0.25, 0.3) is 0 Å². The summed E-state index contributed by atoms with van der Waals surface area (Å²) in [6.45, 7) is 2.62. The highest BCUT2D eigenvalue weighted by Crippen LogP contribution is 2.19. The van der Waals surface area contributed by atoms with E-state index in [1.54, 1.807) is 6.07 Å². The fourth-order valence-corrected chi connectivity index (χ4v) is 1.86. The van der Waals surface area contributed by atoms with E-state index in [0.29, 0.717) is 15.7 Å². The van der Waals surface area contributed by atoms with Crippen LogP contribution in [0.4, 0.5) is 5.69 Å². The van der Waals surface area contributed by atoms with Gasteiger partial charge in [0.2, 0.25) is 0 Å². The van der Waals surface area contributed by atoms with Crippen molar-refractivity contribution >= 4 is 34.2 Å². The summed E-state index contributed by atoms with van der Waals surface area (Å²) in [5.41, 5.74) is 0.293. The van der Waals surface area contributed by atoms with Crippen LogP contribution in [0.2, 0.25) is 0 Å². The SMILES string of the molecule is CCCCNC(=O)c1cc([N+](=O)[O-])ccc1I. The Kier molecular flexibility index (Phi) is 5.33. The molecule has 0 heterocycles. The lowest BCUT2D eigenvalue weighted by molar-refractivity contribution is -0.384. The summed E-state index contributed by atoms with van der Waals surface area (Å²) in [5.74, 6) is -0.258. The van der Waals surface area contributed by atoms with E-state index in [2.05, 4.69) is 5.32 Å². The normalized spacial score (nSPS) is 10.0. The standard InChI is InChI=1S/C11H13IN2O3/c1-2-3-6-13-11(15)9-7-8(14(16)17)4-5-10(9)12/h4-5,7H,2-3,6H2,1H3,(H,13,15). The third kappa shape index (κ3) is 3.95. The Morgan fingerprint density at radius 2 is 2.24 bits per heavy atom. The van der Waals surface area contributed by atoms with Crippen LogP contribution in [0.15, 0.2) is 18.2 Å². The van der Waals surface area contributed by atoms with Gasteiger partial charge in [-0.25, -0.2) is 0 Å². The molecule has 0 unspecified atom stereocenters. The molecule has 6 heteroatoms. The number of unbranched alkanes of at least 4 members (excludes halogenated alkanes) is 1. The number of non-ortho nitro benzene ring substituents is 1. The molecule has 0 aliphatic carbocycles. The second kappa shape index (κ2) is 6.53. The predicted molar refractivity (Wildman–Crippen MR) is 73.1 cm³/mol. The number of carbonyl (C=O) groups is 1. The first kappa shape index (κ1) is 13.9. The Morgan fingerprint density at radius 1 is 1.53 bits per heavy atom. The van der Waals surface area contributed by atoms with Gasteiger partial charge in [0, 0.05) is 22.2 Å². The zero-order chi connectivity index (χ0) is 12.8. The molecule has 1 amide bonds. The minimum Gasteiger partial charge on any atom is -0.352 e. The van der Waals surface area contributed by atoms with Gasteiger partial charge in [-0.15, -0.1) is 0 Å². The van der Waals surface area contributed by atoms with E-state index in [-0.39, 0.29) is 11.6 Å². The van der Waals surface area contributed by atoms with Crippen molar-refractivity contribution in [1.29, 1.82) is 0 Å². The minimum absolute atomic E-state index is 0.0638. The number of halogens is 1. The smallest absolute Gasteiger partial charge is 0.270 e. The van der Waals surface area contributed by atoms with Gasteiger partial charge in [-0.2, -0.15) is 0 Å². The van der Waals surface area contributed by atoms with Gasteiger partial charge >= 0.3 is 0 Å². The summed E-state index contributed by atoms with van der Waals surface area (Å²) < 4.78 is 0.710. The first-order valence-corrected chi connectivity index (χ1v) is 6.36. The number of carbonyl (C=O) groups excluding carboxylic acids is 1. The van der Waals surface area contributed by atoms with Crippen LogP contribution in [-0.4, -0.2) is 17.4 Å². The molecule has 0 atom stereocenters. The Bertz CT molecular complexity index is 435. The van der Waals surface area contributed by atoms with Crippen LogP contribution < -0.4 is 5.32 Å². The van der Waals surface area contributed by atoms with Crippen molar-refractivity contribution in [3.8, 4) is 0 Å². The molecule has 1 N–H and O–H groups in total. The van der Waals surface area contributed by atoms with E-state index < -0.39 is 4.92 Å². The third-order valence-corrected chi connectivity index (χ3v) is 3.16. The molecule has 1 aromatic rings. The second-order valence-electron chi connectivity index (χ2n) is 3.53. The van der Waals surface area contributed by atoms with E-state index >= 15 is 0 Å². The fourth-order valence-electron chi connectivity index (χ4n) is 1.27. The lowest BCUT2D eigenvalue weighted by Gasteiger charge is -2.06. The van der Waals surface area contributed by atoms with Crippen LogP contribution in [-0.2, 0) is 0 Å². The topological polar surface area (TPSA) is 72.2 Å². The number of amides is 1. The summed E-state index contributed by atoms with van der Waals surface area (Å²) in [5, 5.41) is 13.4. The van der Waals surface area contributed by atoms with Gasteiger partial charge in [0.05, 0.1) is 10.5 Å². The number of nitro benzene ring substituents is 1. The minimum atomic E-state index is -0.501. The summed E-state index contributed by atoms with van der Waals surface area (Å²) in [4.78, 5) is 21.9. The van der Waals surface area contributed by atoms with Crippen molar-refractivity contribution in [2.24, 2.45) is 0 Å². The number of benzene rings is 1. The molecule has 0 aromatic heterocycles. The molecular weight excluding hydrogens is 335 g/mol. The van der Waals surface area contributed by atoms with Crippen LogP contribution in [0.3, 0.4) is 0 Å². The Morgan fingerprint density at radius 3 is 2.82 bits per heavy atom. The Labute approximate surface area is 113 Å². The molecule has 0 saturated carbocycles. The Hall–Kier alpha value is -1.18. The molecule has 0 saturated heterocycles. The maximum atomic E-state index is 11.8. The molecule has 0 fully saturated rings. The maximum Gasteiger partial charge on any atom is 0.270 e. The molecule has 0 bridgehead atoms. The molecule has 1 rings (SSSR count). The predicted octanol–water partition coefficient (Wildman–Crippen LogP) is 2.73. The summed E-state index contributed by atoms with van der Waals surface area (Å²) >= 11 is 1.99. The lowest BCUT2D eigenvalue weighted by atomic mass is 10.2. The van der Waals surface area contributed by atoms with Gasteiger partial charge in [0.1, 0.15) is 0 Å². The summed E-state index contributed by atoms with van der Waals surface area (Å²) in [6.07, 6.45) is 1.89. The molecular formula is C11H13IN2O3. The van der Waals surface area contributed by atoms with E-state index in [9.17, 15) is 14.9 Å². The Balaban J connectivity index is 2.84. The first-order valence-electron chi connectivity index (χ1n) is 5.28. The average Bonchev–Trinajstić information content (AvgIpc) is 2.29. The van der Waals surface area contributed by atoms with Crippen LogP contribution in [0.5, 0.6) is 0 Å². The molecule has 1 aromatic carbocycles. The van der Waals surface area contributed by atoms with Gasteiger partial charge < -0.3 is 5.32 Å². The highest BCUT2D eigenvalue weighted by molar-refractivity contribution is 14.1. The molecule has 17 heavy (non-hydrogen) atoms. The van der Waals surface area contributed by atoms with Gasteiger partial charge in [-0.3, -0.25) is 14.9 Å². The highest BCUT2D eigenvalue weighted by atomic mass is 127. The quantitative estimate of drug-likeness (QED) is 0.385. The number of rotatable bonds is 5. The van der Waals surface area contributed by atoms with E-state index in [0.717, 1.165) is 12.8 Å². The molecule has 92 valence electrons. The third-order valence-electron chi connectivity index (χ3n) is 2.22. The second-order valence-corrected chi connectivity index (χ2v) is 4.69. The average molecular weight is 348 g/mol. The van der Waals surface area contributed by atoms with Gasteiger partial charge in [0.25, 0.3) is 11.6 Å². The monoisotopic (exact) mass is 348 g/mol. The molecule has 0 radical (unpaired) electrons. The first-order chi connectivity index (χ1) is 8.06. The van der Waals surface area contributed by atoms with Crippen LogP contribution in [0.1, 0.15) is 30.1 Å². The van der Waals surface area contributed by atoms with Crippen molar-refractivity contribution in [1.82, 2.24) is 5.32 Å². The molecule has 0 spiro atoms. The number of nitrogens with zero attached hydrogens (tertiary/aromatic N) is 1. The van der Waals surface area contributed by atoms with Gasteiger partial charge in [0.15, 0.2) is 0 Å². The summed E-state index contributed by atoms with van der Waals surface area (Å²) in [6, 6.07) is 4.28. The zero-order valence-electron chi connectivity index (χ0n) is 9.40. The maximum absolute atomic E-state index is 11.8. The molecule has 0 aliphatic heterocycles. The number of nitro groups is 1. The molecule has 5 nitrogen and oxygen atoms in total. The largest absolute Gasteiger partial charge is 0.352 e. The van der Waals surface area contributed by atoms with Crippen molar-refractivity contribution < 1.29 is 9.72 Å². The van der Waals surface area contributed by atoms with Crippen molar-refractivity contribution in [2.45, 2.75) is 19.8 Å². The lowest BCUT2D eigenvalue weighted by Crippen LogP contribution is -2.25. The van der Waals surface area contributed by atoms with Crippen molar-refractivity contribution in [2.75, 3.05) is 6.54 Å². The summed E-state index contributed by atoms with van der Waals surface area (Å²) in [7, 11) is 0. The highest BCUT2D eigenvalue weighted by Gasteiger charge is 2.14. The van der Waals surface area contributed by atoms with Gasteiger partial charge in [-0.05, 0) is 35.1 Å². The van der Waals surface area contributed by atoms with Crippen LogP contribution in [0, 0.1) is 13.7 Å².